The van der Waals surface area contributed by atoms with Gasteiger partial charge >= 0.3 is 0 Å². The number of amides is 2. The van der Waals surface area contributed by atoms with E-state index in [2.05, 4.69) is 74.3 Å². The van der Waals surface area contributed by atoms with Crippen molar-refractivity contribution < 1.29 is 60.1 Å². The number of hydrogen-bond acceptors (Lipinski definition) is 17. The first-order valence-electron chi connectivity index (χ1n) is 34.4. The van der Waals surface area contributed by atoms with E-state index in [1.165, 1.54) is 0 Å². The Labute approximate surface area is 578 Å². The SMILES string of the molecule is COc1ccc([C@H](C)N2C[C@H]([C@@H](C)Oc3cc(-c4cn[nH]c4)cc4nn(C)c(C)c34)CC2=O)cc1.COc1ccc([C@H](C)N2C[C@H]([C@@H](C)Oc3cc(-c4cnn([C@H]5CO[C@@H]6CCCO[C@@H]65)c4)cc4nn(C)c(C)c34)CC2=O)cc1.Cc1ccc(S(=O)(=O)O[C@@H]2CO[C@@H]3CCCO[C@@H]32)cc1. The number of nitrogens with zero attached hydrogens (tertiary/aromatic N) is 9. The zero-order valence-electron chi connectivity index (χ0n) is 58.2. The summed E-state index contributed by atoms with van der Waals surface area (Å²) in [5.41, 5.74) is 10.9. The van der Waals surface area contributed by atoms with Crippen molar-refractivity contribution in [2.45, 2.75) is 153 Å². The third-order valence-electron chi connectivity index (χ3n) is 20.8. The summed E-state index contributed by atoms with van der Waals surface area (Å²) < 4.78 is 82.7. The lowest BCUT2D eigenvalue weighted by Gasteiger charge is -2.27. The van der Waals surface area contributed by atoms with Crippen LogP contribution in [0.2, 0.25) is 0 Å². The van der Waals surface area contributed by atoms with Crippen LogP contribution in [0.1, 0.15) is 112 Å². The van der Waals surface area contributed by atoms with Gasteiger partial charge in [0.1, 0.15) is 59.6 Å². The van der Waals surface area contributed by atoms with Crippen molar-refractivity contribution in [1.82, 2.24) is 49.3 Å². The lowest BCUT2D eigenvalue weighted by molar-refractivity contribution is -0.130. The number of nitrogens with one attached hydrogen (secondary N) is 1. The maximum absolute atomic E-state index is 13.2. The molecular formula is C75H90N10O13S. The van der Waals surface area contributed by atoms with Crippen LogP contribution in [0.15, 0.2) is 127 Å². The number of ether oxygens (including phenoxy) is 8. The third-order valence-corrected chi connectivity index (χ3v) is 22.2. The van der Waals surface area contributed by atoms with Gasteiger partial charge in [-0.2, -0.15) is 28.8 Å². The highest BCUT2D eigenvalue weighted by Crippen LogP contribution is 2.42. The molecule has 10 heterocycles. The van der Waals surface area contributed by atoms with Crippen LogP contribution in [0.5, 0.6) is 23.0 Å². The minimum absolute atomic E-state index is 0.0118. The van der Waals surface area contributed by atoms with Gasteiger partial charge in [0.15, 0.2) is 0 Å². The predicted molar refractivity (Wildman–Crippen MR) is 372 cm³/mol. The fraction of sp³-hybridized carbons (Fsp3) is 0.467. The Morgan fingerprint density at radius 2 is 1.10 bits per heavy atom. The molecule has 9 aromatic rings. The molecular weight excluding hydrogens is 1280 g/mol. The quantitative estimate of drug-likeness (QED) is 0.0785. The summed E-state index contributed by atoms with van der Waals surface area (Å²) >= 11 is 0. The van der Waals surface area contributed by atoms with Crippen LogP contribution in [-0.2, 0) is 56.9 Å². The van der Waals surface area contributed by atoms with Gasteiger partial charge in [-0.15, -0.1) is 0 Å². The van der Waals surface area contributed by atoms with Crippen LogP contribution < -0.4 is 18.9 Å². The van der Waals surface area contributed by atoms with E-state index in [4.69, 9.17) is 52.3 Å². The largest absolute Gasteiger partial charge is 0.497 e. The minimum Gasteiger partial charge on any atom is -0.497 e. The Kier molecular flexibility index (Phi) is 20.4. The number of carbonyl (C=O) groups excluding carboxylic acids is 2. The first-order valence-corrected chi connectivity index (χ1v) is 35.8. The number of fused-ring (bicyclic) bond motifs is 4. The van der Waals surface area contributed by atoms with E-state index in [0.29, 0.717) is 39.1 Å². The average Bonchev–Trinajstić information content (AvgIpc) is 1.64. The van der Waals surface area contributed by atoms with Gasteiger partial charge in [-0.1, -0.05) is 42.0 Å². The Bertz CT molecular complexity index is 4420. The molecule has 0 unspecified atom stereocenters. The Morgan fingerprint density at radius 1 is 0.596 bits per heavy atom. The fourth-order valence-electron chi connectivity index (χ4n) is 14.6. The second-order valence-electron chi connectivity index (χ2n) is 27.1. The second kappa shape index (κ2) is 29.3. The smallest absolute Gasteiger partial charge is 0.297 e. The number of carbonyl (C=O) groups is 2. The number of likely N-dealkylation sites (tertiary alicyclic amines) is 2. The Balaban J connectivity index is 0.000000142. The molecule has 4 aromatic heterocycles. The summed E-state index contributed by atoms with van der Waals surface area (Å²) in [5, 5.41) is 23.1. The normalized spacial score (nSPS) is 23.4. The molecule has 6 saturated heterocycles. The van der Waals surface area contributed by atoms with Crippen LogP contribution in [0.25, 0.3) is 44.1 Å². The molecule has 2 amide bonds. The van der Waals surface area contributed by atoms with E-state index >= 15 is 0 Å². The number of hydrogen-bond donors (Lipinski definition) is 1. The molecule has 6 fully saturated rings. The first-order chi connectivity index (χ1) is 47.7. The van der Waals surface area contributed by atoms with E-state index in [1.807, 2.05) is 119 Å². The molecule has 0 saturated carbocycles. The zero-order chi connectivity index (χ0) is 69.4. The molecule has 24 heteroatoms. The topological polar surface area (TPSA) is 240 Å². The van der Waals surface area contributed by atoms with Crippen molar-refractivity contribution in [3.8, 4) is 45.3 Å². The Hall–Kier alpha value is -8.65. The van der Waals surface area contributed by atoms with E-state index < -0.39 is 16.2 Å². The maximum atomic E-state index is 13.2. The summed E-state index contributed by atoms with van der Waals surface area (Å²) in [5.74, 6) is 3.63. The lowest BCUT2D eigenvalue weighted by atomic mass is 10.0. The van der Waals surface area contributed by atoms with E-state index in [1.54, 1.807) is 44.7 Å². The molecule has 0 aliphatic carbocycles. The summed E-state index contributed by atoms with van der Waals surface area (Å²) in [6, 6.07) is 30.8. The van der Waals surface area contributed by atoms with Gasteiger partial charge in [-0.3, -0.25) is 32.9 Å². The van der Waals surface area contributed by atoms with Gasteiger partial charge in [-0.25, -0.2) is 0 Å². The van der Waals surface area contributed by atoms with Gasteiger partial charge in [0, 0.05) is 100.0 Å². The van der Waals surface area contributed by atoms with Crippen LogP contribution in [0, 0.1) is 32.6 Å². The predicted octanol–water partition coefficient (Wildman–Crippen LogP) is 11.6. The van der Waals surface area contributed by atoms with Crippen molar-refractivity contribution in [2.75, 3.05) is 53.7 Å². The molecule has 23 nitrogen and oxygen atoms in total. The summed E-state index contributed by atoms with van der Waals surface area (Å²) in [4.78, 5) is 30.3. The Morgan fingerprint density at radius 3 is 1.62 bits per heavy atom. The standard InChI is InChI=1S/C34H41N5O5.C27H31N5O3.C14H18O5S/c1-20(23-8-10-27(41-5)11-9-23)38-17-25(15-32(38)40)22(3)44-31-14-24(13-28-33(31)21(2)37(4)36-28)26-16-35-39(18-26)29-19-43-30-7-6-12-42-34(29)30;1-16(19-6-8-23(34-5)9-7-19)32-15-21(12-26(32)33)18(3)35-25-11-20(22-13-28-29-14-22)10-24-27(25)17(2)31(4)30-24;1-10-4-6-11(7-5-10)20(15,16)19-13-9-18-12-3-2-8-17-14(12)13/h8-11,13-14,16,18,20,22,25,29-30,34H,6-7,12,15,17,19H2,1-5H3;6-11,13-14,16,18,21H,12,15H2,1-5H3,(H,28,29);4-7,12-14H,2-3,8-9H2,1H3/t20-,22+,25+,29-,30+,34+;16-,18+,21+;12-,13-,14+/m001/s1. The number of rotatable bonds is 18. The lowest BCUT2D eigenvalue weighted by Crippen LogP contribution is -2.39. The average molecular weight is 1370 g/mol. The molecule has 6 aliphatic heterocycles. The summed E-state index contributed by atoms with van der Waals surface area (Å²) in [6.45, 7) is 17.9. The molecule has 1 N–H and O–H groups in total. The van der Waals surface area contributed by atoms with Crippen molar-refractivity contribution >= 4 is 43.7 Å². The molecule has 0 spiro atoms. The van der Waals surface area contributed by atoms with E-state index in [0.717, 1.165) is 127 Å². The van der Waals surface area contributed by atoms with Crippen LogP contribution in [0.3, 0.4) is 0 Å². The van der Waals surface area contributed by atoms with Gasteiger partial charge in [0.05, 0.1) is 90.8 Å². The van der Waals surface area contributed by atoms with Crippen molar-refractivity contribution in [3.63, 3.8) is 0 Å². The van der Waals surface area contributed by atoms with Gasteiger partial charge in [0.25, 0.3) is 10.1 Å². The third kappa shape index (κ3) is 14.6. The second-order valence-corrected chi connectivity index (χ2v) is 28.7. The first kappa shape index (κ1) is 68.9. The molecule has 5 aromatic carbocycles. The molecule has 0 radical (unpaired) electrons. The fourth-order valence-corrected chi connectivity index (χ4v) is 15.6. The van der Waals surface area contributed by atoms with E-state index in [9.17, 15) is 18.0 Å². The van der Waals surface area contributed by atoms with Crippen LogP contribution in [-0.4, -0.2) is 166 Å². The van der Waals surface area contributed by atoms with Crippen molar-refractivity contribution in [3.05, 3.63) is 150 Å². The van der Waals surface area contributed by atoms with Crippen molar-refractivity contribution in [2.24, 2.45) is 25.9 Å². The zero-order valence-corrected chi connectivity index (χ0v) is 59.0. The molecule has 0 bridgehead atoms. The number of benzene rings is 5. The number of aromatic amines is 1. The highest BCUT2D eigenvalue weighted by molar-refractivity contribution is 7.86. The van der Waals surface area contributed by atoms with Crippen molar-refractivity contribution in [1.29, 1.82) is 0 Å². The number of H-pyrrole nitrogens is 1. The monoisotopic (exact) mass is 1370 g/mol. The van der Waals surface area contributed by atoms with Gasteiger partial charge < -0.3 is 47.7 Å². The molecule has 524 valence electrons. The molecule has 12 atom stereocenters. The summed E-state index contributed by atoms with van der Waals surface area (Å²) in [6.07, 6.45) is 11.5. The van der Waals surface area contributed by atoms with Gasteiger partial charge in [-0.05, 0) is 157 Å². The van der Waals surface area contributed by atoms with Crippen LogP contribution in [0.4, 0.5) is 0 Å². The van der Waals surface area contributed by atoms with Gasteiger partial charge in [0.2, 0.25) is 11.8 Å². The molecule has 6 aliphatic rings. The number of aromatic nitrogens is 8. The highest BCUT2D eigenvalue weighted by atomic mass is 32.2. The number of aryl methyl sites for hydroxylation is 5. The number of methoxy groups -OCH3 is 2. The minimum atomic E-state index is -3.77. The maximum Gasteiger partial charge on any atom is 0.297 e. The van der Waals surface area contributed by atoms with E-state index in [-0.39, 0.29) is 89.9 Å². The molecule has 99 heavy (non-hydrogen) atoms. The highest BCUT2D eigenvalue weighted by Gasteiger charge is 2.45. The van der Waals surface area contributed by atoms with Crippen LogP contribution >= 0.6 is 0 Å². The molecule has 15 rings (SSSR count). The summed E-state index contributed by atoms with van der Waals surface area (Å²) in [7, 11) is 3.43.